The third kappa shape index (κ3) is 3.13. The monoisotopic (exact) mass is 240 g/mol. The molecule has 1 aliphatic carbocycles. The van der Waals surface area contributed by atoms with Gasteiger partial charge in [0.15, 0.2) is 0 Å². The Morgan fingerprint density at radius 3 is 2.44 bits per heavy atom. The van der Waals surface area contributed by atoms with Crippen molar-refractivity contribution in [3.63, 3.8) is 0 Å². The van der Waals surface area contributed by atoms with Gasteiger partial charge in [-0.3, -0.25) is 0 Å². The minimum absolute atomic E-state index is 0.699. The zero-order valence-corrected chi connectivity index (χ0v) is 11.5. The third-order valence-corrected chi connectivity index (χ3v) is 3.95. The van der Waals surface area contributed by atoms with Gasteiger partial charge in [0.2, 0.25) is 0 Å². The SMILES string of the molecule is C=C(C)Cc1ccccc1C(=C)C1CCCCC1. The van der Waals surface area contributed by atoms with E-state index in [0.717, 1.165) is 6.42 Å². The fourth-order valence-corrected chi connectivity index (χ4v) is 2.98. The van der Waals surface area contributed by atoms with Gasteiger partial charge in [0.1, 0.15) is 0 Å². The first-order valence-corrected chi connectivity index (χ1v) is 7.10. The van der Waals surface area contributed by atoms with E-state index in [1.165, 1.54) is 54.4 Å². The molecule has 0 spiro atoms. The molecule has 96 valence electrons. The molecule has 1 aromatic rings. The molecule has 0 amide bonds. The number of hydrogen-bond acceptors (Lipinski definition) is 0. The van der Waals surface area contributed by atoms with Gasteiger partial charge >= 0.3 is 0 Å². The van der Waals surface area contributed by atoms with Gasteiger partial charge in [-0.05, 0) is 48.8 Å². The summed E-state index contributed by atoms with van der Waals surface area (Å²) in [5, 5.41) is 0. The Morgan fingerprint density at radius 2 is 1.78 bits per heavy atom. The number of allylic oxidation sites excluding steroid dienone is 2. The van der Waals surface area contributed by atoms with Crippen LogP contribution in [0.25, 0.3) is 5.57 Å². The minimum Gasteiger partial charge on any atom is -0.0998 e. The number of benzene rings is 1. The highest BCUT2D eigenvalue weighted by Crippen LogP contribution is 2.35. The summed E-state index contributed by atoms with van der Waals surface area (Å²) in [6.45, 7) is 10.5. The standard InChI is InChI=1S/C18H24/c1-14(2)13-17-11-7-8-12-18(17)15(3)16-9-5-4-6-10-16/h7-8,11-12,16H,1,3-6,9-10,13H2,2H3. The van der Waals surface area contributed by atoms with Crippen molar-refractivity contribution in [3.8, 4) is 0 Å². The van der Waals surface area contributed by atoms with Gasteiger partial charge in [-0.1, -0.05) is 62.3 Å². The maximum Gasteiger partial charge on any atom is -0.00665 e. The Bertz CT molecular complexity index is 433. The van der Waals surface area contributed by atoms with E-state index >= 15 is 0 Å². The Labute approximate surface area is 111 Å². The molecule has 0 unspecified atom stereocenters. The van der Waals surface area contributed by atoms with Crippen LogP contribution in [0.3, 0.4) is 0 Å². The first-order chi connectivity index (χ1) is 8.68. The summed E-state index contributed by atoms with van der Waals surface area (Å²) >= 11 is 0. The van der Waals surface area contributed by atoms with Gasteiger partial charge in [0.25, 0.3) is 0 Å². The fraction of sp³-hybridized carbons (Fsp3) is 0.444. The summed E-state index contributed by atoms with van der Waals surface area (Å²) in [6.07, 6.45) is 7.75. The highest BCUT2D eigenvalue weighted by atomic mass is 14.2. The van der Waals surface area contributed by atoms with E-state index in [1.807, 2.05) is 0 Å². The zero-order chi connectivity index (χ0) is 13.0. The predicted octanol–water partition coefficient (Wildman–Crippen LogP) is 5.40. The van der Waals surface area contributed by atoms with Gasteiger partial charge in [-0.15, -0.1) is 0 Å². The highest BCUT2D eigenvalue weighted by molar-refractivity contribution is 5.68. The van der Waals surface area contributed by atoms with E-state index < -0.39 is 0 Å². The molecule has 1 fully saturated rings. The Kier molecular flexibility index (Phi) is 4.41. The van der Waals surface area contributed by atoms with E-state index in [2.05, 4.69) is 44.3 Å². The van der Waals surface area contributed by atoms with Crippen LogP contribution in [-0.4, -0.2) is 0 Å². The summed E-state index contributed by atoms with van der Waals surface area (Å²) in [7, 11) is 0. The Hall–Kier alpha value is -1.30. The maximum absolute atomic E-state index is 4.39. The van der Waals surface area contributed by atoms with Crippen molar-refractivity contribution < 1.29 is 0 Å². The van der Waals surface area contributed by atoms with Crippen LogP contribution in [0.5, 0.6) is 0 Å². The lowest BCUT2D eigenvalue weighted by Crippen LogP contribution is -2.09. The van der Waals surface area contributed by atoms with Crippen molar-refractivity contribution in [1.29, 1.82) is 0 Å². The molecular formula is C18H24. The number of hydrogen-bond donors (Lipinski definition) is 0. The second-order valence-corrected chi connectivity index (χ2v) is 5.65. The van der Waals surface area contributed by atoms with Crippen LogP contribution < -0.4 is 0 Å². The van der Waals surface area contributed by atoms with E-state index in [9.17, 15) is 0 Å². The number of rotatable bonds is 4. The zero-order valence-electron chi connectivity index (χ0n) is 11.5. The molecule has 0 bridgehead atoms. The van der Waals surface area contributed by atoms with E-state index in [0.29, 0.717) is 5.92 Å². The molecule has 1 saturated carbocycles. The second-order valence-electron chi connectivity index (χ2n) is 5.65. The third-order valence-electron chi connectivity index (χ3n) is 3.95. The molecular weight excluding hydrogens is 216 g/mol. The van der Waals surface area contributed by atoms with Crippen LogP contribution in [0.1, 0.15) is 50.2 Å². The van der Waals surface area contributed by atoms with Gasteiger partial charge in [0.05, 0.1) is 0 Å². The largest absolute Gasteiger partial charge is 0.0998 e. The molecule has 0 heteroatoms. The molecule has 0 heterocycles. The van der Waals surface area contributed by atoms with Gasteiger partial charge < -0.3 is 0 Å². The minimum atomic E-state index is 0.699. The van der Waals surface area contributed by atoms with Crippen molar-refractivity contribution in [2.75, 3.05) is 0 Å². The Balaban J connectivity index is 2.20. The van der Waals surface area contributed by atoms with Crippen LogP contribution in [-0.2, 0) is 6.42 Å². The van der Waals surface area contributed by atoms with Crippen molar-refractivity contribution in [1.82, 2.24) is 0 Å². The predicted molar refractivity (Wildman–Crippen MR) is 80.6 cm³/mol. The van der Waals surface area contributed by atoms with Crippen molar-refractivity contribution in [2.24, 2.45) is 5.92 Å². The van der Waals surface area contributed by atoms with Crippen molar-refractivity contribution in [2.45, 2.75) is 45.4 Å². The summed E-state index contributed by atoms with van der Waals surface area (Å²) in [6, 6.07) is 8.70. The molecule has 0 aromatic heterocycles. The van der Waals surface area contributed by atoms with E-state index in [-0.39, 0.29) is 0 Å². The molecule has 0 atom stereocenters. The summed E-state index contributed by atoms with van der Waals surface area (Å²) in [5.74, 6) is 0.699. The lowest BCUT2D eigenvalue weighted by Gasteiger charge is -2.25. The van der Waals surface area contributed by atoms with Gasteiger partial charge in [-0.25, -0.2) is 0 Å². The molecule has 1 aliphatic rings. The van der Waals surface area contributed by atoms with Gasteiger partial charge in [-0.2, -0.15) is 0 Å². The first kappa shape index (κ1) is 13.1. The molecule has 1 aromatic carbocycles. The fourth-order valence-electron chi connectivity index (χ4n) is 2.98. The van der Waals surface area contributed by atoms with Crippen LogP contribution in [0.4, 0.5) is 0 Å². The molecule has 0 saturated heterocycles. The Morgan fingerprint density at radius 1 is 1.11 bits per heavy atom. The topological polar surface area (TPSA) is 0 Å². The molecule has 0 N–H and O–H groups in total. The molecule has 0 aliphatic heterocycles. The molecule has 0 radical (unpaired) electrons. The molecule has 18 heavy (non-hydrogen) atoms. The van der Waals surface area contributed by atoms with Crippen LogP contribution in [0.2, 0.25) is 0 Å². The molecule has 2 rings (SSSR count). The lowest BCUT2D eigenvalue weighted by atomic mass is 9.80. The quantitative estimate of drug-likeness (QED) is 0.618. The average Bonchev–Trinajstić information content (AvgIpc) is 2.39. The first-order valence-electron chi connectivity index (χ1n) is 7.10. The van der Waals surface area contributed by atoms with Crippen LogP contribution in [0, 0.1) is 5.92 Å². The summed E-state index contributed by atoms with van der Waals surface area (Å²) in [4.78, 5) is 0. The summed E-state index contributed by atoms with van der Waals surface area (Å²) in [5.41, 5.74) is 5.33. The van der Waals surface area contributed by atoms with Crippen molar-refractivity contribution >= 4 is 5.57 Å². The second kappa shape index (κ2) is 6.04. The van der Waals surface area contributed by atoms with Crippen LogP contribution in [0.15, 0.2) is 43.0 Å². The lowest BCUT2D eigenvalue weighted by molar-refractivity contribution is 0.429. The molecule has 0 nitrogen and oxygen atoms in total. The summed E-state index contributed by atoms with van der Waals surface area (Å²) < 4.78 is 0. The van der Waals surface area contributed by atoms with Crippen molar-refractivity contribution in [3.05, 3.63) is 54.1 Å². The van der Waals surface area contributed by atoms with E-state index in [1.54, 1.807) is 0 Å². The highest BCUT2D eigenvalue weighted by Gasteiger charge is 2.18. The normalized spacial score (nSPS) is 16.5. The smallest absolute Gasteiger partial charge is 0.00665 e. The van der Waals surface area contributed by atoms with Gasteiger partial charge in [0, 0.05) is 0 Å². The van der Waals surface area contributed by atoms with E-state index in [4.69, 9.17) is 0 Å². The van der Waals surface area contributed by atoms with Crippen LogP contribution >= 0.6 is 0 Å². The average molecular weight is 240 g/mol. The maximum atomic E-state index is 4.39.